The summed E-state index contributed by atoms with van der Waals surface area (Å²) in [5, 5.41) is 2.90. The Morgan fingerprint density at radius 1 is 1.07 bits per heavy atom. The number of amides is 1. The van der Waals surface area contributed by atoms with Gasteiger partial charge in [0.1, 0.15) is 5.75 Å². The second-order valence-electron chi connectivity index (χ2n) is 6.26. The largest absolute Gasteiger partial charge is 0.497 e. The molecule has 0 unspecified atom stereocenters. The van der Waals surface area contributed by atoms with Crippen LogP contribution in [-0.2, 0) is 11.3 Å². The molecule has 0 saturated carbocycles. The summed E-state index contributed by atoms with van der Waals surface area (Å²) < 4.78 is 5.18. The second-order valence-corrected chi connectivity index (χ2v) is 6.26. The van der Waals surface area contributed by atoms with Crippen LogP contribution in [0.15, 0.2) is 79.1 Å². The van der Waals surface area contributed by atoms with E-state index in [0.29, 0.717) is 6.54 Å². The SMILES string of the molecule is COc1cccc(C=CC(=O)NCc2ccc(N(C)c3ccncc3)cc2)c1. The molecule has 0 spiro atoms. The minimum atomic E-state index is -0.138. The lowest BCUT2D eigenvalue weighted by atomic mass is 10.2. The fourth-order valence-electron chi connectivity index (χ4n) is 2.72. The van der Waals surface area contributed by atoms with Gasteiger partial charge in [-0.1, -0.05) is 24.3 Å². The summed E-state index contributed by atoms with van der Waals surface area (Å²) in [5.41, 5.74) is 4.09. The first-order valence-electron chi connectivity index (χ1n) is 8.98. The van der Waals surface area contributed by atoms with Gasteiger partial charge in [-0.25, -0.2) is 0 Å². The molecule has 142 valence electrons. The van der Waals surface area contributed by atoms with Crippen LogP contribution in [-0.4, -0.2) is 25.0 Å². The number of carbonyl (C=O) groups excluding carboxylic acids is 1. The third-order valence-electron chi connectivity index (χ3n) is 4.36. The van der Waals surface area contributed by atoms with Gasteiger partial charge in [0.2, 0.25) is 5.91 Å². The second kappa shape index (κ2) is 9.37. The Morgan fingerprint density at radius 3 is 2.50 bits per heavy atom. The van der Waals surface area contributed by atoms with Crippen LogP contribution in [0.25, 0.3) is 6.08 Å². The molecule has 0 atom stereocenters. The van der Waals surface area contributed by atoms with Crippen molar-refractivity contribution < 1.29 is 9.53 Å². The predicted molar refractivity (Wildman–Crippen MR) is 113 cm³/mol. The maximum atomic E-state index is 12.1. The molecule has 1 aromatic heterocycles. The summed E-state index contributed by atoms with van der Waals surface area (Å²) in [5.74, 6) is 0.625. The van der Waals surface area contributed by atoms with Crippen LogP contribution >= 0.6 is 0 Å². The Bertz CT molecular complexity index is 938. The van der Waals surface area contributed by atoms with Crippen molar-refractivity contribution in [3.8, 4) is 5.75 Å². The first-order chi connectivity index (χ1) is 13.7. The Hall–Kier alpha value is -3.60. The topological polar surface area (TPSA) is 54.5 Å². The normalized spacial score (nSPS) is 10.6. The van der Waals surface area contributed by atoms with Gasteiger partial charge in [-0.2, -0.15) is 0 Å². The van der Waals surface area contributed by atoms with Crippen LogP contribution in [0.5, 0.6) is 5.75 Å². The molecule has 0 radical (unpaired) electrons. The van der Waals surface area contributed by atoms with Gasteiger partial charge in [-0.15, -0.1) is 0 Å². The summed E-state index contributed by atoms with van der Waals surface area (Å²) in [6, 6.07) is 19.6. The van der Waals surface area contributed by atoms with Crippen LogP contribution < -0.4 is 15.0 Å². The highest BCUT2D eigenvalue weighted by molar-refractivity contribution is 5.91. The van der Waals surface area contributed by atoms with E-state index >= 15 is 0 Å². The third kappa shape index (κ3) is 5.20. The number of nitrogens with zero attached hydrogens (tertiary/aromatic N) is 2. The van der Waals surface area contributed by atoms with E-state index in [1.807, 2.05) is 67.7 Å². The van der Waals surface area contributed by atoms with Gasteiger partial charge in [-0.05, 0) is 53.6 Å². The van der Waals surface area contributed by atoms with Crippen molar-refractivity contribution in [3.05, 3.63) is 90.3 Å². The molecule has 5 nitrogen and oxygen atoms in total. The lowest BCUT2D eigenvalue weighted by Gasteiger charge is -2.19. The van der Waals surface area contributed by atoms with Crippen molar-refractivity contribution in [1.82, 2.24) is 10.3 Å². The zero-order chi connectivity index (χ0) is 19.8. The van der Waals surface area contributed by atoms with E-state index in [9.17, 15) is 4.79 Å². The predicted octanol–water partition coefficient (Wildman–Crippen LogP) is 4.19. The van der Waals surface area contributed by atoms with E-state index in [2.05, 4.69) is 15.2 Å². The molecular weight excluding hydrogens is 350 g/mol. The molecule has 1 heterocycles. The number of pyridine rings is 1. The molecule has 0 aliphatic rings. The van der Waals surface area contributed by atoms with Crippen molar-refractivity contribution >= 4 is 23.4 Å². The number of benzene rings is 2. The van der Waals surface area contributed by atoms with Crippen molar-refractivity contribution in [2.45, 2.75) is 6.54 Å². The quantitative estimate of drug-likeness (QED) is 0.631. The molecule has 2 aromatic carbocycles. The molecule has 0 saturated heterocycles. The zero-order valence-electron chi connectivity index (χ0n) is 16.0. The molecule has 0 aliphatic heterocycles. The lowest BCUT2D eigenvalue weighted by Crippen LogP contribution is -2.20. The monoisotopic (exact) mass is 373 g/mol. The Labute approximate surface area is 165 Å². The maximum Gasteiger partial charge on any atom is 0.244 e. The molecule has 1 N–H and O–H groups in total. The highest BCUT2D eigenvalue weighted by Gasteiger charge is 2.04. The van der Waals surface area contributed by atoms with Gasteiger partial charge in [0.05, 0.1) is 7.11 Å². The van der Waals surface area contributed by atoms with Crippen LogP contribution in [0.2, 0.25) is 0 Å². The molecular formula is C23H23N3O2. The number of hydrogen-bond acceptors (Lipinski definition) is 4. The first-order valence-corrected chi connectivity index (χ1v) is 8.98. The Morgan fingerprint density at radius 2 is 1.79 bits per heavy atom. The highest BCUT2D eigenvalue weighted by Crippen LogP contribution is 2.22. The van der Waals surface area contributed by atoms with Gasteiger partial charge < -0.3 is 15.0 Å². The van der Waals surface area contributed by atoms with E-state index < -0.39 is 0 Å². The Balaban J connectivity index is 1.54. The number of anilines is 2. The molecule has 3 rings (SSSR count). The zero-order valence-corrected chi connectivity index (χ0v) is 16.0. The highest BCUT2D eigenvalue weighted by atomic mass is 16.5. The summed E-state index contributed by atoms with van der Waals surface area (Å²) >= 11 is 0. The number of carbonyl (C=O) groups is 1. The first kappa shape index (κ1) is 19.2. The van der Waals surface area contributed by atoms with Crippen molar-refractivity contribution in [1.29, 1.82) is 0 Å². The minimum absolute atomic E-state index is 0.138. The summed E-state index contributed by atoms with van der Waals surface area (Å²) in [6.07, 6.45) is 6.84. The smallest absolute Gasteiger partial charge is 0.244 e. The standard InChI is InChI=1S/C23H23N3O2/c1-26(21-12-14-24-15-13-21)20-9-6-19(7-10-20)17-25-23(27)11-8-18-4-3-5-22(16-18)28-2/h3-16H,17H2,1-2H3,(H,25,27). The third-order valence-corrected chi connectivity index (χ3v) is 4.36. The Kier molecular flexibility index (Phi) is 6.41. The molecule has 5 heteroatoms. The van der Waals surface area contributed by atoms with Crippen molar-refractivity contribution in [3.63, 3.8) is 0 Å². The summed E-state index contributed by atoms with van der Waals surface area (Å²) in [7, 11) is 3.63. The van der Waals surface area contributed by atoms with Gasteiger partial charge in [-0.3, -0.25) is 9.78 Å². The molecule has 3 aromatic rings. The number of nitrogens with one attached hydrogen (secondary N) is 1. The van der Waals surface area contributed by atoms with Crippen LogP contribution in [0.1, 0.15) is 11.1 Å². The van der Waals surface area contributed by atoms with Crippen molar-refractivity contribution in [2.24, 2.45) is 0 Å². The molecule has 0 aliphatic carbocycles. The minimum Gasteiger partial charge on any atom is -0.497 e. The van der Waals surface area contributed by atoms with E-state index in [4.69, 9.17) is 4.74 Å². The maximum absolute atomic E-state index is 12.1. The average molecular weight is 373 g/mol. The molecule has 1 amide bonds. The molecule has 0 bridgehead atoms. The number of rotatable bonds is 7. The van der Waals surface area contributed by atoms with Gasteiger partial charge in [0.15, 0.2) is 0 Å². The molecule has 0 fully saturated rings. The van der Waals surface area contributed by atoms with Gasteiger partial charge in [0.25, 0.3) is 0 Å². The number of methoxy groups -OCH3 is 1. The van der Waals surface area contributed by atoms with Gasteiger partial charge in [0, 0.05) is 43.4 Å². The number of aromatic nitrogens is 1. The van der Waals surface area contributed by atoms with Crippen LogP contribution in [0, 0.1) is 0 Å². The average Bonchev–Trinajstić information content (AvgIpc) is 2.77. The molecule has 28 heavy (non-hydrogen) atoms. The van der Waals surface area contributed by atoms with Crippen molar-refractivity contribution in [2.75, 3.05) is 19.1 Å². The lowest BCUT2D eigenvalue weighted by molar-refractivity contribution is -0.116. The van der Waals surface area contributed by atoms with Crippen LogP contribution in [0.4, 0.5) is 11.4 Å². The van der Waals surface area contributed by atoms with E-state index in [-0.39, 0.29) is 5.91 Å². The van der Waals surface area contributed by atoms with Crippen LogP contribution in [0.3, 0.4) is 0 Å². The van der Waals surface area contributed by atoms with E-state index in [0.717, 1.165) is 28.3 Å². The van der Waals surface area contributed by atoms with E-state index in [1.54, 1.807) is 25.6 Å². The van der Waals surface area contributed by atoms with E-state index in [1.165, 1.54) is 6.08 Å². The fraction of sp³-hybridized carbons (Fsp3) is 0.130. The number of hydrogen-bond donors (Lipinski definition) is 1. The fourth-order valence-corrected chi connectivity index (χ4v) is 2.72. The van der Waals surface area contributed by atoms with Gasteiger partial charge >= 0.3 is 0 Å². The number of ether oxygens (including phenoxy) is 1. The summed E-state index contributed by atoms with van der Waals surface area (Å²) in [4.78, 5) is 18.2. The summed E-state index contributed by atoms with van der Waals surface area (Å²) in [6.45, 7) is 0.473.